The highest BCUT2D eigenvalue weighted by molar-refractivity contribution is 7.17. The van der Waals surface area contributed by atoms with Gasteiger partial charge in [-0.3, -0.25) is 4.79 Å². The van der Waals surface area contributed by atoms with Crippen LogP contribution in [0.2, 0.25) is 0 Å². The number of anilines is 1. The molecule has 2 aromatic heterocycles. The van der Waals surface area contributed by atoms with Gasteiger partial charge in [0.05, 0.1) is 16.8 Å². The van der Waals surface area contributed by atoms with Crippen LogP contribution in [-0.2, 0) is 23.8 Å². The van der Waals surface area contributed by atoms with Gasteiger partial charge < -0.3 is 15.5 Å². The van der Waals surface area contributed by atoms with Gasteiger partial charge in [0.2, 0.25) is 5.95 Å². The summed E-state index contributed by atoms with van der Waals surface area (Å²) in [6.07, 6.45) is 0.511. The quantitative estimate of drug-likeness (QED) is 0.386. The molecule has 0 spiro atoms. The van der Waals surface area contributed by atoms with E-state index in [9.17, 15) is 26.7 Å². The molecule has 0 aromatic carbocycles. The van der Waals surface area contributed by atoms with E-state index >= 15 is 0 Å². The number of halogens is 5. The van der Waals surface area contributed by atoms with Gasteiger partial charge in [-0.15, -0.1) is 0 Å². The highest BCUT2D eigenvalue weighted by Crippen LogP contribution is 2.42. The molecule has 1 fully saturated rings. The molecule has 3 N–H and O–H groups in total. The number of aromatic nitrogens is 4. The predicted octanol–water partition coefficient (Wildman–Crippen LogP) is 4.52. The van der Waals surface area contributed by atoms with Crippen molar-refractivity contribution in [2.24, 2.45) is 5.73 Å². The van der Waals surface area contributed by atoms with E-state index in [-0.39, 0.29) is 42.1 Å². The van der Waals surface area contributed by atoms with E-state index in [0.717, 1.165) is 12.4 Å². The van der Waals surface area contributed by atoms with Gasteiger partial charge in [0.15, 0.2) is 0 Å². The van der Waals surface area contributed by atoms with E-state index in [0.29, 0.717) is 37.6 Å². The van der Waals surface area contributed by atoms with Gasteiger partial charge in [-0.2, -0.15) is 27.1 Å². The Morgan fingerprint density at radius 2 is 1.79 bits per heavy atom. The fourth-order valence-electron chi connectivity index (χ4n) is 4.96. The van der Waals surface area contributed by atoms with Crippen molar-refractivity contribution in [3.05, 3.63) is 57.4 Å². The molecule has 0 radical (unpaired) electrons. The molecule has 0 bridgehead atoms. The summed E-state index contributed by atoms with van der Waals surface area (Å²) >= 11 is 0. The molecule has 2 unspecified atom stereocenters. The van der Waals surface area contributed by atoms with Crippen LogP contribution in [0.15, 0.2) is 29.5 Å². The SMILES string of the molecule is C=C(CC1(N)CCc2c1n[nH]c(=O)c2C(F)(F)F)N1CCC(N(C)c2ncc(C(F)(F)P)cn2)CC1.CCC. The maximum Gasteiger partial charge on any atom is 0.422 e. The molecular weight excluding hydrogens is 540 g/mol. The summed E-state index contributed by atoms with van der Waals surface area (Å²) in [5, 5.41) is 5.83. The number of H-pyrrole nitrogens is 1. The first-order chi connectivity index (χ1) is 18.1. The molecule has 8 nitrogen and oxygen atoms in total. The largest absolute Gasteiger partial charge is 0.422 e. The summed E-state index contributed by atoms with van der Waals surface area (Å²) in [4.78, 5) is 23.8. The van der Waals surface area contributed by atoms with Crippen molar-refractivity contribution >= 4 is 15.2 Å². The van der Waals surface area contributed by atoms with Crippen LogP contribution < -0.4 is 16.2 Å². The Labute approximate surface area is 226 Å². The number of nitrogens with one attached hydrogen (secondary N) is 1. The topological polar surface area (TPSA) is 104 Å². The molecule has 14 heteroatoms. The predicted molar refractivity (Wildman–Crippen MR) is 142 cm³/mol. The van der Waals surface area contributed by atoms with Gasteiger partial charge in [0, 0.05) is 50.7 Å². The number of fused-ring (bicyclic) bond motifs is 1. The Balaban J connectivity index is 0.00000134. The maximum atomic E-state index is 13.4. The first-order valence-electron chi connectivity index (χ1n) is 12.7. The number of likely N-dealkylation sites (tertiary alicyclic amines) is 1. The third-order valence-corrected chi connectivity index (χ3v) is 7.31. The molecule has 2 aliphatic rings. The van der Waals surface area contributed by atoms with Crippen LogP contribution in [0.25, 0.3) is 0 Å². The van der Waals surface area contributed by atoms with E-state index in [2.05, 4.69) is 35.5 Å². The van der Waals surface area contributed by atoms with Crippen LogP contribution in [0.5, 0.6) is 0 Å². The van der Waals surface area contributed by atoms with Crippen molar-refractivity contribution in [1.29, 1.82) is 0 Å². The van der Waals surface area contributed by atoms with Gasteiger partial charge >= 0.3 is 6.18 Å². The number of alkyl halides is 5. The first kappa shape index (κ1) is 30.9. The monoisotopic (exact) mass is 575 g/mol. The van der Waals surface area contributed by atoms with Gasteiger partial charge in [-0.1, -0.05) is 36.1 Å². The van der Waals surface area contributed by atoms with Gasteiger partial charge in [0.1, 0.15) is 5.56 Å². The fourth-order valence-corrected chi connectivity index (χ4v) is 5.11. The number of nitrogens with zero attached hydrogens (tertiary/aromatic N) is 5. The lowest BCUT2D eigenvalue weighted by atomic mass is 9.90. The lowest BCUT2D eigenvalue weighted by Crippen LogP contribution is -2.45. The number of aromatic amines is 1. The zero-order valence-electron chi connectivity index (χ0n) is 22.3. The van der Waals surface area contributed by atoms with Crippen LogP contribution in [0.3, 0.4) is 0 Å². The normalized spacial score (nSPS) is 19.8. The van der Waals surface area contributed by atoms with E-state index in [1.54, 1.807) is 7.05 Å². The highest BCUT2D eigenvalue weighted by atomic mass is 31.0. The molecule has 1 aliphatic carbocycles. The minimum absolute atomic E-state index is 0.0131. The molecule has 39 heavy (non-hydrogen) atoms. The van der Waals surface area contributed by atoms with Crippen LogP contribution in [0.1, 0.15) is 68.3 Å². The first-order valence-corrected chi connectivity index (χ1v) is 13.3. The summed E-state index contributed by atoms with van der Waals surface area (Å²) < 4.78 is 67.1. The Morgan fingerprint density at radius 3 is 2.31 bits per heavy atom. The van der Waals surface area contributed by atoms with Crippen molar-refractivity contribution in [2.75, 3.05) is 25.0 Å². The highest BCUT2D eigenvalue weighted by Gasteiger charge is 2.46. The maximum absolute atomic E-state index is 13.4. The number of piperidine rings is 1. The Kier molecular flexibility index (Phi) is 9.37. The third-order valence-electron chi connectivity index (χ3n) is 6.98. The van der Waals surface area contributed by atoms with E-state index in [4.69, 9.17) is 5.73 Å². The standard InChI is InChI=1S/C22H27F5N7OP.C3H8/c1-12(9-20(28)6-3-15-16(21(23,24)25)18(35)32-31-17(15)20)34-7-4-14(5-8-34)33(2)19-29-10-13(11-30-19)22(26,27)36;1-3-2/h10-11,14H,1,3-9,28,36H2,2H3,(H,32,35);3H2,1-2H3. The molecule has 216 valence electrons. The average molecular weight is 576 g/mol. The van der Waals surface area contributed by atoms with Crippen LogP contribution in [0, 0.1) is 0 Å². The van der Waals surface area contributed by atoms with Crippen LogP contribution >= 0.6 is 9.24 Å². The summed E-state index contributed by atoms with van der Waals surface area (Å²) in [5.74, 6) is 0.342. The minimum atomic E-state index is -4.79. The van der Waals surface area contributed by atoms with Crippen molar-refractivity contribution in [3.8, 4) is 0 Å². The minimum Gasteiger partial charge on any atom is -0.375 e. The summed E-state index contributed by atoms with van der Waals surface area (Å²) in [6.45, 7) is 9.61. The third kappa shape index (κ3) is 6.92. The van der Waals surface area contributed by atoms with Gasteiger partial charge in [-0.25, -0.2) is 15.1 Å². The van der Waals surface area contributed by atoms with Crippen molar-refractivity contribution < 1.29 is 22.0 Å². The molecule has 0 saturated carbocycles. The molecule has 4 rings (SSSR count). The Bertz CT molecular complexity index is 1210. The van der Waals surface area contributed by atoms with Crippen molar-refractivity contribution in [3.63, 3.8) is 0 Å². The van der Waals surface area contributed by atoms with Crippen molar-refractivity contribution in [2.45, 2.75) is 75.8 Å². The number of hydrogen-bond donors (Lipinski definition) is 2. The van der Waals surface area contributed by atoms with Crippen LogP contribution in [-0.4, -0.2) is 51.2 Å². The molecule has 1 saturated heterocycles. The summed E-state index contributed by atoms with van der Waals surface area (Å²) in [6, 6.07) is 0.0662. The lowest BCUT2D eigenvalue weighted by molar-refractivity contribution is -0.139. The zero-order valence-corrected chi connectivity index (χ0v) is 23.4. The van der Waals surface area contributed by atoms with Crippen LogP contribution in [0.4, 0.5) is 27.9 Å². The Morgan fingerprint density at radius 1 is 1.23 bits per heavy atom. The number of nitrogens with two attached hydrogens (primary N) is 1. The second kappa shape index (κ2) is 11.8. The number of hydrogen-bond acceptors (Lipinski definition) is 7. The second-order valence-electron chi connectivity index (χ2n) is 10.1. The van der Waals surface area contributed by atoms with E-state index in [1.165, 1.54) is 15.7 Å². The fraction of sp³-hybridized carbons (Fsp3) is 0.600. The van der Waals surface area contributed by atoms with E-state index in [1.807, 2.05) is 14.9 Å². The lowest BCUT2D eigenvalue weighted by Gasteiger charge is -2.40. The zero-order chi connectivity index (χ0) is 29.2. The van der Waals surface area contributed by atoms with Gasteiger partial charge in [0.25, 0.3) is 11.2 Å². The second-order valence-corrected chi connectivity index (χ2v) is 10.8. The molecule has 0 amide bonds. The molecule has 1 aliphatic heterocycles. The summed E-state index contributed by atoms with van der Waals surface area (Å²) in [5.41, 5.74) is 0.0532. The summed E-state index contributed by atoms with van der Waals surface area (Å²) in [7, 11) is 3.26. The molecule has 2 atom stereocenters. The average Bonchev–Trinajstić information content (AvgIpc) is 3.18. The van der Waals surface area contributed by atoms with Crippen molar-refractivity contribution in [1.82, 2.24) is 25.1 Å². The Hall–Kier alpha value is -2.66. The van der Waals surface area contributed by atoms with E-state index < -0.39 is 28.5 Å². The van der Waals surface area contributed by atoms with Gasteiger partial charge in [-0.05, 0) is 31.2 Å². The smallest absolute Gasteiger partial charge is 0.375 e. The number of rotatable bonds is 6. The molecular formula is C25H35F5N7OP. The molecule has 2 aromatic rings. The molecule has 3 heterocycles.